The van der Waals surface area contributed by atoms with E-state index < -0.39 is 40.2 Å². The fourth-order valence-electron chi connectivity index (χ4n) is 22.4. The van der Waals surface area contributed by atoms with Crippen LogP contribution in [-0.2, 0) is 5.41 Å². The molecule has 0 aliphatic heterocycles. The third-order valence-electron chi connectivity index (χ3n) is 28.4. The Hall–Kier alpha value is -17.9. The molecule has 0 unspecified atom stereocenters. The number of rotatable bonds is 10. The minimum atomic E-state index is -2.19. The molecule has 0 amide bonds. The Balaban J connectivity index is 0.000000105. The second-order valence-corrected chi connectivity index (χ2v) is 36.8. The number of nitrogens with zero attached hydrogens (tertiary/aromatic N) is 6. The van der Waals surface area contributed by atoms with Gasteiger partial charge in [0.15, 0.2) is 23.3 Å². The van der Waals surface area contributed by atoms with Gasteiger partial charge in [0.1, 0.15) is 27.2 Å². The van der Waals surface area contributed by atoms with E-state index in [-0.39, 0.29) is 0 Å². The van der Waals surface area contributed by atoms with Gasteiger partial charge in [0, 0.05) is 91.9 Å². The van der Waals surface area contributed by atoms with E-state index in [1.807, 2.05) is 78.9 Å². The van der Waals surface area contributed by atoms with E-state index in [4.69, 9.17) is 14.4 Å². The van der Waals surface area contributed by atoms with Gasteiger partial charge < -0.3 is 22.7 Å². The van der Waals surface area contributed by atoms with Crippen LogP contribution >= 0.6 is 11.3 Å². The van der Waals surface area contributed by atoms with Gasteiger partial charge in [-0.3, -0.25) is 0 Å². The average Bonchev–Trinajstić information content (AvgIpc) is 1.51. The van der Waals surface area contributed by atoms with Crippen molar-refractivity contribution >= 4 is 162 Å². The predicted molar refractivity (Wildman–Crippen MR) is 566 cm³/mol. The molecule has 0 saturated carbocycles. The topological polar surface area (TPSA) is 58.6 Å². The second kappa shape index (κ2) is 32.4. The molecule has 0 saturated heterocycles. The molecule has 0 N–H and O–H groups in total. The Labute approximate surface area is 801 Å². The smallest absolute Gasteiger partial charge is 0.200 e. The summed E-state index contributed by atoms with van der Waals surface area (Å²) < 4.78 is 89.8. The summed E-state index contributed by atoms with van der Waals surface area (Å²) >= 11 is 1.69. The summed E-state index contributed by atoms with van der Waals surface area (Å²) in [5, 5.41) is 15.8. The zero-order valence-corrected chi connectivity index (χ0v) is 75.5. The Morgan fingerprint density at radius 2 is 0.714 bits per heavy atom. The van der Waals surface area contributed by atoms with E-state index in [0.717, 1.165) is 131 Å². The minimum Gasteiger partial charge on any atom is -0.456 e. The first-order valence-corrected chi connectivity index (χ1v) is 47.5. The molecule has 21 aromatic carbocycles. The average molecular weight is 1830 g/mol. The first-order valence-electron chi connectivity index (χ1n) is 46.7. The lowest BCUT2D eigenvalue weighted by Crippen LogP contribution is -2.28. The van der Waals surface area contributed by atoms with Crippen LogP contribution in [-0.4, -0.2) is 28.2 Å². The SMILES string of the molecule is Fc1c(F)c(F)c(-n2c3ccccc3c3cc4c(cc32)c2ccccc2n4-c2cc3ccccc3cc2-c2ccccc2)c(F)c1F.c1ccc(-c2ccc(-n3c4ccccc4c4ccc5c(c43)-c3ccccc3C5(c3ccccc3)c3ccccc3)c3ccccc23)cc1.c1ccc(-c2nc3c(nc2-c2ccc(-n4c5ccccc5c5ccc6oc7ccccc7c6c54)cc2)sc2ccccc23)cc1. The molecule has 7 heterocycles. The number of aromatic nitrogens is 6. The molecule has 1 aliphatic carbocycles. The summed E-state index contributed by atoms with van der Waals surface area (Å²) in [6, 6.07) is 159. The van der Waals surface area contributed by atoms with Crippen LogP contribution < -0.4 is 0 Å². The van der Waals surface area contributed by atoms with Crippen molar-refractivity contribution in [2.24, 2.45) is 0 Å². The standard InChI is InChI=1S/C47H31N.C40H21F5N2.C40H23N3OS/c1-4-16-32(17-5-1)35-29-31-44(37-23-11-10-22-36(35)37)48-43-27-15-13-24-38(43)39-28-30-42-45(46(39)48)40-25-12-14-26-41(40)47(42,33-18-6-2-7-19-33)34-20-8-3-9-21-34;41-35-36(42)38(44)40(39(45)37(35)43)47-31-17-9-7-15-26(31)29-20-33-28(21-34(29)47)25-14-6-8-16-30(25)46(33)32-19-24-13-5-4-12-23(24)18-27(32)22-10-2-1-3-11-22;1-2-10-24(11-3-1)36-37(42-40-38(41-36)30-14-6-9-17-34(30)45-40)25-18-20-26(21-19-25)43-31-15-7-4-12-27(31)28-22-23-33-35(39(28)43)29-13-5-8-16-32(29)44-33/h1-31H;1-21H;1-23H. The van der Waals surface area contributed by atoms with Crippen molar-refractivity contribution in [1.29, 1.82) is 0 Å². The molecule has 7 aromatic heterocycles. The molecule has 0 atom stereocenters. The summed E-state index contributed by atoms with van der Waals surface area (Å²) in [7, 11) is 0. The lowest BCUT2D eigenvalue weighted by Gasteiger charge is -2.33. The lowest BCUT2D eigenvalue weighted by molar-refractivity contribution is 0.376. The molecule has 13 heteroatoms. The van der Waals surface area contributed by atoms with Crippen LogP contribution in [0.15, 0.2) is 459 Å². The van der Waals surface area contributed by atoms with E-state index in [2.05, 4.69) is 359 Å². The maximum atomic E-state index is 15.4. The van der Waals surface area contributed by atoms with Crippen LogP contribution in [0.25, 0.3) is 230 Å². The normalized spacial score (nSPS) is 12.4. The summed E-state index contributed by atoms with van der Waals surface area (Å²) in [6.07, 6.45) is 0. The number of hydrogen-bond acceptors (Lipinski definition) is 4. The van der Waals surface area contributed by atoms with Crippen molar-refractivity contribution in [3.63, 3.8) is 0 Å². The molecule has 660 valence electrons. The van der Waals surface area contributed by atoms with Gasteiger partial charge in [-0.05, 0) is 152 Å². The van der Waals surface area contributed by atoms with E-state index in [1.54, 1.807) is 41.7 Å². The predicted octanol–water partition coefficient (Wildman–Crippen LogP) is 34.5. The second-order valence-electron chi connectivity index (χ2n) is 35.8. The highest BCUT2D eigenvalue weighted by atomic mass is 32.1. The van der Waals surface area contributed by atoms with Gasteiger partial charge in [0.25, 0.3) is 0 Å². The van der Waals surface area contributed by atoms with Crippen molar-refractivity contribution in [2.45, 2.75) is 5.41 Å². The number of hydrogen-bond donors (Lipinski definition) is 0. The van der Waals surface area contributed by atoms with Crippen molar-refractivity contribution < 1.29 is 26.4 Å². The Morgan fingerprint density at radius 3 is 1.35 bits per heavy atom. The maximum absolute atomic E-state index is 15.4. The summed E-state index contributed by atoms with van der Waals surface area (Å²) in [4.78, 5) is 11.5. The van der Waals surface area contributed by atoms with Crippen molar-refractivity contribution in [3.05, 3.63) is 506 Å². The van der Waals surface area contributed by atoms with Crippen LogP contribution in [0.5, 0.6) is 0 Å². The minimum absolute atomic E-state index is 0.310. The van der Waals surface area contributed by atoms with Gasteiger partial charge in [0.05, 0.1) is 77.7 Å². The summed E-state index contributed by atoms with van der Waals surface area (Å²) in [6.45, 7) is 0. The van der Waals surface area contributed by atoms with Gasteiger partial charge in [-0.1, -0.05) is 364 Å². The fourth-order valence-corrected chi connectivity index (χ4v) is 23.4. The van der Waals surface area contributed by atoms with Gasteiger partial charge in [-0.2, -0.15) is 0 Å². The third-order valence-corrected chi connectivity index (χ3v) is 29.4. The molecule has 140 heavy (non-hydrogen) atoms. The number of fused-ring (bicyclic) bond motifs is 25. The van der Waals surface area contributed by atoms with Crippen LogP contribution in [0.3, 0.4) is 0 Å². The Bertz CT molecular complexity index is 9890. The van der Waals surface area contributed by atoms with Crippen molar-refractivity contribution in [2.75, 3.05) is 0 Å². The molecule has 0 bridgehead atoms. The van der Waals surface area contributed by atoms with Gasteiger partial charge >= 0.3 is 0 Å². The van der Waals surface area contributed by atoms with Crippen molar-refractivity contribution in [3.8, 4) is 78.6 Å². The fraction of sp³-hybridized carbons (Fsp3) is 0.00787. The zero-order valence-electron chi connectivity index (χ0n) is 74.7. The number of thiophene rings is 1. The maximum Gasteiger partial charge on any atom is 0.200 e. The zero-order chi connectivity index (χ0) is 93.1. The van der Waals surface area contributed by atoms with Crippen LogP contribution in [0.2, 0.25) is 0 Å². The Kier molecular flexibility index (Phi) is 18.9. The van der Waals surface area contributed by atoms with Crippen molar-refractivity contribution in [1.82, 2.24) is 28.2 Å². The van der Waals surface area contributed by atoms with E-state index in [1.165, 1.54) is 98.2 Å². The third kappa shape index (κ3) is 12.4. The van der Waals surface area contributed by atoms with Crippen LogP contribution in [0, 0.1) is 29.1 Å². The van der Waals surface area contributed by atoms with E-state index in [9.17, 15) is 13.2 Å². The molecular formula is C127H75F5N6OS. The largest absolute Gasteiger partial charge is 0.456 e. The lowest BCUT2D eigenvalue weighted by atomic mass is 9.67. The number of para-hydroxylation sites is 5. The number of benzene rings is 21. The molecule has 0 radical (unpaired) electrons. The molecule has 28 aromatic rings. The molecule has 0 fully saturated rings. The molecule has 29 rings (SSSR count). The first-order chi connectivity index (χ1) is 69.1. The Morgan fingerprint density at radius 1 is 0.257 bits per heavy atom. The van der Waals surface area contributed by atoms with E-state index >= 15 is 8.78 Å². The molecule has 0 spiro atoms. The number of furan rings is 1. The first kappa shape index (κ1) is 81.6. The van der Waals surface area contributed by atoms with Crippen LogP contribution in [0.4, 0.5) is 22.0 Å². The quantitative estimate of drug-likeness (QED) is 0.0779. The van der Waals surface area contributed by atoms with Crippen LogP contribution in [0.1, 0.15) is 22.3 Å². The number of halogens is 5. The summed E-state index contributed by atoms with van der Waals surface area (Å²) in [5.41, 5.74) is 27.8. The summed E-state index contributed by atoms with van der Waals surface area (Å²) in [5.74, 6) is -9.97. The highest BCUT2D eigenvalue weighted by Gasteiger charge is 2.48. The monoisotopic (exact) mass is 1830 g/mol. The van der Waals surface area contributed by atoms with Gasteiger partial charge in [0.2, 0.25) is 5.82 Å². The highest BCUT2D eigenvalue weighted by Crippen LogP contribution is 2.60. The molecule has 7 nitrogen and oxygen atoms in total. The van der Waals surface area contributed by atoms with Gasteiger partial charge in [-0.25, -0.2) is 31.9 Å². The molecular weight excluding hydrogens is 1750 g/mol. The van der Waals surface area contributed by atoms with E-state index in [0.29, 0.717) is 21.8 Å². The molecule has 1 aliphatic rings. The van der Waals surface area contributed by atoms with Gasteiger partial charge in [-0.15, -0.1) is 11.3 Å². The highest BCUT2D eigenvalue weighted by molar-refractivity contribution is 7.25.